The van der Waals surface area contributed by atoms with Gasteiger partial charge >= 0.3 is 5.97 Å². The average molecular weight is 235 g/mol. The van der Waals surface area contributed by atoms with Crippen molar-refractivity contribution in [3.8, 4) is 0 Å². The van der Waals surface area contributed by atoms with Gasteiger partial charge in [-0.25, -0.2) is 0 Å². The Morgan fingerprint density at radius 2 is 1.94 bits per heavy atom. The second-order valence-corrected chi connectivity index (χ2v) is 4.57. The predicted molar refractivity (Wildman–Crippen MR) is 69.1 cm³/mol. The topological polar surface area (TPSA) is 40.5 Å². The Hall–Kier alpha value is -1.35. The summed E-state index contributed by atoms with van der Waals surface area (Å²) in [5, 5.41) is 8.78. The SMILES string of the molecule is CC(CCN(C)CCc1ccccc1)C(=O)O. The van der Waals surface area contributed by atoms with E-state index in [1.54, 1.807) is 6.92 Å². The Morgan fingerprint density at radius 3 is 2.53 bits per heavy atom. The smallest absolute Gasteiger partial charge is 0.306 e. The average Bonchev–Trinajstić information content (AvgIpc) is 2.34. The first-order valence-electron chi connectivity index (χ1n) is 6.05. The van der Waals surface area contributed by atoms with Crippen LogP contribution in [0.25, 0.3) is 0 Å². The highest BCUT2D eigenvalue weighted by Gasteiger charge is 2.11. The highest BCUT2D eigenvalue weighted by atomic mass is 16.4. The van der Waals surface area contributed by atoms with Crippen molar-refractivity contribution in [3.05, 3.63) is 35.9 Å². The van der Waals surface area contributed by atoms with E-state index in [2.05, 4.69) is 17.0 Å². The van der Waals surface area contributed by atoms with E-state index in [1.807, 2.05) is 25.2 Å². The third-order valence-electron chi connectivity index (χ3n) is 2.99. The number of carboxylic acid groups (broad SMARTS) is 1. The maximum atomic E-state index is 10.7. The van der Waals surface area contributed by atoms with E-state index in [0.717, 1.165) is 19.5 Å². The van der Waals surface area contributed by atoms with Crippen molar-refractivity contribution in [2.75, 3.05) is 20.1 Å². The fraction of sp³-hybridized carbons (Fsp3) is 0.500. The number of carbonyl (C=O) groups is 1. The standard InChI is InChI=1S/C14H21NO2/c1-12(14(16)17)8-10-15(2)11-9-13-6-4-3-5-7-13/h3-7,12H,8-11H2,1-2H3,(H,16,17). The van der Waals surface area contributed by atoms with Crippen LogP contribution in [0.2, 0.25) is 0 Å². The van der Waals surface area contributed by atoms with Crippen molar-refractivity contribution >= 4 is 5.97 Å². The summed E-state index contributed by atoms with van der Waals surface area (Å²) in [4.78, 5) is 12.9. The first kappa shape index (κ1) is 13.7. The van der Waals surface area contributed by atoms with Gasteiger partial charge in [0.05, 0.1) is 5.92 Å². The number of benzene rings is 1. The zero-order chi connectivity index (χ0) is 12.7. The van der Waals surface area contributed by atoms with Crippen molar-refractivity contribution in [3.63, 3.8) is 0 Å². The van der Waals surface area contributed by atoms with Crippen LogP contribution < -0.4 is 0 Å². The molecule has 0 spiro atoms. The summed E-state index contributed by atoms with van der Waals surface area (Å²) in [6, 6.07) is 10.3. The first-order chi connectivity index (χ1) is 8.09. The lowest BCUT2D eigenvalue weighted by atomic mass is 10.1. The van der Waals surface area contributed by atoms with Gasteiger partial charge in [-0.15, -0.1) is 0 Å². The molecular weight excluding hydrogens is 214 g/mol. The molecule has 1 aromatic rings. The molecule has 94 valence electrons. The fourth-order valence-electron chi connectivity index (χ4n) is 1.61. The highest BCUT2D eigenvalue weighted by Crippen LogP contribution is 2.04. The van der Waals surface area contributed by atoms with Crippen molar-refractivity contribution in [2.24, 2.45) is 5.92 Å². The molecule has 0 amide bonds. The largest absolute Gasteiger partial charge is 0.481 e. The predicted octanol–water partition coefficient (Wildman–Crippen LogP) is 2.27. The molecule has 0 bridgehead atoms. The Labute approximate surface area is 103 Å². The van der Waals surface area contributed by atoms with Gasteiger partial charge in [-0.05, 0) is 32.0 Å². The normalized spacial score (nSPS) is 12.6. The van der Waals surface area contributed by atoms with Gasteiger partial charge in [0, 0.05) is 6.54 Å². The van der Waals surface area contributed by atoms with Crippen molar-refractivity contribution in [2.45, 2.75) is 19.8 Å². The molecule has 1 atom stereocenters. The molecule has 0 aliphatic carbocycles. The molecule has 0 heterocycles. The minimum atomic E-state index is -0.707. The molecule has 0 radical (unpaired) electrons. The van der Waals surface area contributed by atoms with Gasteiger partial charge in [0.1, 0.15) is 0 Å². The number of rotatable bonds is 7. The third-order valence-corrected chi connectivity index (χ3v) is 2.99. The van der Waals surface area contributed by atoms with E-state index in [9.17, 15) is 4.79 Å². The van der Waals surface area contributed by atoms with Crippen LogP contribution in [0, 0.1) is 5.92 Å². The van der Waals surface area contributed by atoms with Gasteiger partial charge < -0.3 is 10.0 Å². The van der Waals surface area contributed by atoms with Crippen LogP contribution in [-0.2, 0) is 11.2 Å². The molecule has 3 nitrogen and oxygen atoms in total. The molecule has 1 rings (SSSR count). The van der Waals surface area contributed by atoms with Crippen molar-refractivity contribution in [1.82, 2.24) is 4.90 Å². The van der Waals surface area contributed by atoms with Crippen LogP contribution in [0.5, 0.6) is 0 Å². The van der Waals surface area contributed by atoms with E-state index >= 15 is 0 Å². The molecule has 1 aromatic carbocycles. The molecule has 0 fully saturated rings. The van der Waals surface area contributed by atoms with Crippen molar-refractivity contribution < 1.29 is 9.90 Å². The Balaban J connectivity index is 2.22. The Kier molecular flexibility index (Phi) is 5.70. The summed E-state index contributed by atoms with van der Waals surface area (Å²) < 4.78 is 0. The summed E-state index contributed by atoms with van der Waals surface area (Å²) >= 11 is 0. The maximum absolute atomic E-state index is 10.7. The molecule has 0 aliphatic rings. The van der Waals surface area contributed by atoms with Crippen LogP contribution in [-0.4, -0.2) is 36.1 Å². The van der Waals surface area contributed by atoms with E-state index < -0.39 is 5.97 Å². The van der Waals surface area contributed by atoms with Crippen LogP contribution in [0.3, 0.4) is 0 Å². The number of carboxylic acids is 1. The summed E-state index contributed by atoms with van der Waals surface area (Å²) in [5.41, 5.74) is 1.32. The summed E-state index contributed by atoms with van der Waals surface area (Å²) in [5.74, 6) is -0.962. The van der Waals surface area contributed by atoms with Crippen LogP contribution >= 0.6 is 0 Å². The monoisotopic (exact) mass is 235 g/mol. The zero-order valence-corrected chi connectivity index (χ0v) is 10.6. The number of nitrogens with zero attached hydrogens (tertiary/aromatic N) is 1. The van der Waals surface area contributed by atoms with E-state index in [1.165, 1.54) is 5.56 Å². The lowest BCUT2D eigenvalue weighted by Gasteiger charge is -2.17. The molecule has 3 heteroatoms. The molecule has 1 unspecified atom stereocenters. The molecule has 0 saturated carbocycles. The van der Waals surface area contributed by atoms with Crippen LogP contribution in [0.4, 0.5) is 0 Å². The fourth-order valence-corrected chi connectivity index (χ4v) is 1.61. The molecular formula is C14H21NO2. The lowest BCUT2D eigenvalue weighted by Crippen LogP contribution is -2.25. The van der Waals surface area contributed by atoms with E-state index in [-0.39, 0.29) is 5.92 Å². The lowest BCUT2D eigenvalue weighted by molar-refractivity contribution is -0.141. The summed E-state index contributed by atoms with van der Waals surface area (Å²) in [7, 11) is 2.04. The van der Waals surface area contributed by atoms with Gasteiger partial charge in [0.2, 0.25) is 0 Å². The molecule has 17 heavy (non-hydrogen) atoms. The first-order valence-corrected chi connectivity index (χ1v) is 6.05. The van der Waals surface area contributed by atoms with Gasteiger partial charge in [-0.1, -0.05) is 37.3 Å². The zero-order valence-electron chi connectivity index (χ0n) is 10.6. The van der Waals surface area contributed by atoms with Crippen LogP contribution in [0.1, 0.15) is 18.9 Å². The Bertz CT molecular complexity index is 337. The maximum Gasteiger partial charge on any atom is 0.306 e. The van der Waals surface area contributed by atoms with Gasteiger partial charge in [-0.3, -0.25) is 4.79 Å². The van der Waals surface area contributed by atoms with Gasteiger partial charge in [-0.2, -0.15) is 0 Å². The van der Waals surface area contributed by atoms with Gasteiger partial charge in [0.25, 0.3) is 0 Å². The van der Waals surface area contributed by atoms with Crippen LogP contribution in [0.15, 0.2) is 30.3 Å². The van der Waals surface area contributed by atoms with Gasteiger partial charge in [0.15, 0.2) is 0 Å². The number of likely N-dealkylation sites (N-methyl/N-ethyl adjacent to an activating group) is 1. The second kappa shape index (κ2) is 7.07. The highest BCUT2D eigenvalue weighted by molar-refractivity contribution is 5.69. The molecule has 0 aliphatic heterocycles. The molecule has 0 aromatic heterocycles. The summed E-state index contributed by atoms with van der Waals surface area (Å²) in [6.45, 7) is 3.56. The second-order valence-electron chi connectivity index (χ2n) is 4.57. The quantitative estimate of drug-likeness (QED) is 0.788. The minimum absolute atomic E-state index is 0.255. The number of aliphatic carboxylic acids is 1. The molecule has 1 N–H and O–H groups in total. The minimum Gasteiger partial charge on any atom is -0.481 e. The van der Waals surface area contributed by atoms with E-state index in [4.69, 9.17) is 5.11 Å². The Morgan fingerprint density at radius 1 is 1.29 bits per heavy atom. The molecule has 0 saturated heterocycles. The summed E-state index contributed by atoms with van der Waals surface area (Å²) in [6.07, 6.45) is 1.72. The van der Waals surface area contributed by atoms with E-state index in [0.29, 0.717) is 6.42 Å². The third kappa shape index (κ3) is 5.50. The number of hydrogen-bond acceptors (Lipinski definition) is 2. The number of hydrogen-bond donors (Lipinski definition) is 1. The van der Waals surface area contributed by atoms with Crippen molar-refractivity contribution in [1.29, 1.82) is 0 Å².